The molecule has 1 aromatic rings. The van der Waals surface area contributed by atoms with Crippen molar-refractivity contribution in [3.05, 3.63) is 29.8 Å². The zero-order chi connectivity index (χ0) is 16.6. The minimum Gasteiger partial charge on any atom is -0.393 e. The van der Waals surface area contributed by atoms with E-state index in [0.717, 1.165) is 18.5 Å². The Hall–Kier alpha value is -1.88. The van der Waals surface area contributed by atoms with Crippen LogP contribution in [0.15, 0.2) is 24.3 Å². The third kappa shape index (κ3) is 3.11. The standard InChI is InChI=1S/C18H24N2O3/c1-12(9-13(2)21)10-19-16(22)17(23)20-11-18(7-8-18)14-5-3-4-6-15(14)20/h3-6,12-13,21H,7-11H2,1-2H3,(H,19,22). The number of aliphatic hydroxyl groups excluding tert-OH is 1. The SMILES string of the molecule is CC(O)CC(C)CNC(=O)C(=O)N1CC2(CC2)c2ccccc21. The molecule has 1 fully saturated rings. The third-order valence-corrected chi connectivity index (χ3v) is 4.87. The molecule has 1 aliphatic heterocycles. The molecule has 0 radical (unpaired) electrons. The number of carbonyl (C=O) groups is 2. The zero-order valence-corrected chi connectivity index (χ0v) is 13.7. The highest BCUT2D eigenvalue weighted by Gasteiger charge is 2.53. The van der Waals surface area contributed by atoms with E-state index >= 15 is 0 Å². The first-order valence-electron chi connectivity index (χ1n) is 8.30. The number of benzene rings is 1. The molecule has 124 valence electrons. The molecule has 1 saturated carbocycles. The van der Waals surface area contributed by atoms with Crippen molar-refractivity contribution in [2.24, 2.45) is 5.92 Å². The summed E-state index contributed by atoms with van der Waals surface area (Å²) in [6, 6.07) is 7.88. The fourth-order valence-electron chi connectivity index (χ4n) is 3.52. The molecule has 1 spiro atoms. The van der Waals surface area contributed by atoms with Crippen molar-refractivity contribution in [1.29, 1.82) is 0 Å². The number of carbonyl (C=O) groups excluding carboxylic acids is 2. The lowest BCUT2D eigenvalue weighted by atomic mass is 9.99. The van der Waals surface area contributed by atoms with Gasteiger partial charge in [0.15, 0.2) is 0 Å². The molecule has 2 aliphatic rings. The summed E-state index contributed by atoms with van der Waals surface area (Å²) in [5, 5.41) is 12.1. The van der Waals surface area contributed by atoms with E-state index in [1.165, 1.54) is 5.56 Å². The molecule has 2 unspecified atom stereocenters. The van der Waals surface area contributed by atoms with Crippen LogP contribution < -0.4 is 10.2 Å². The van der Waals surface area contributed by atoms with Crippen LogP contribution in [-0.2, 0) is 15.0 Å². The largest absolute Gasteiger partial charge is 0.393 e. The van der Waals surface area contributed by atoms with Crippen LogP contribution in [0.5, 0.6) is 0 Å². The Balaban J connectivity index is 1.64. The molecule has 2 atom stereocenters. The lowest BCUT2D eigenvalue weighted by Crippen LogP contribution is -2.44. The lowest BCUT2D eigenvalue weighted by molar-refractivity contribution is -0.137. The summed E-state index contributed by atoms with van der Waals surface area (Å²) in [7, 11) is 0. The van der Waals surface area contributed by atoms with Gasteiger partial charge in [-0.1, -0.05) is 25.1 Å². The van der Waals surface area contributed by atoms with Gasteiger partial charge in [0.2, 0.25) is 0 Å². The Labute approximate surface area is 136 Å². The maximum atomic E-state index is 12.5. The number of fused-ring (bicyclic) bond motifs is 2. The van der Waals surface area contributed by atoms with Crippen molar-refractivity contribution < 1.29 is 14.7 Å². The van der Waals surface area contributed by atoms with E-state index in [4.69, 9.17) is 0 Å². The Morgan fingerprint density at radius 3 is 2.65 bits per heavy atom. The number of rotatable bonds is 4. The number of hydrogen-bond acceptors (Lipinski definition) is 3. The van der Waals surface area contributed by atoms with Crippen LogP contribution in [0.2, 0.25) is 0 Å². The first-order valence-corrected chi connectivity index (χ1v) is 8.30. The van der Waals surface area contributed by atoms with Gasteiger partial charge in [-0.15, -0.1) is 0 Å². The number of anilines is 1. The molecule has 23 heavy (non-hydrogen) atoms. The maximum absolute atomic E-state index is 12.5. The van der Waals surface area contributed by atoms with Gasteiger partial charge in [0.25, 0.3) is 0 Å². The second-order valence-corrected chi connectivity index (χ2v) is 7.09. The van der Waals surface area contributed by atoms with Crippen LogP contribution in [0.3, 0.4) is 0 Å². The molecular weight excluding hydrogens is 292 g/mol. The second-order valence-electron chi connectivity index (χ2n) is 7.09. The predicted molar refractivity (Wildman–Crippen MR) is 88.2 cm³/mol. The first kappa shape index (κ1) is 16.0. The van der Waals surface area contributed by atoms with Gasteiger partial charge in [0.1, 0.15) is 0 Å². The van der Waals surface area contributed by atoms with Gasteiger partial charge in [-0.25, -0.2) is 0 Å². The number of para-hydroxylation sites is 1. The average molecular weight is 316 g/mol. The van der Waals surface area contributed by atoms with Crippen molar-refractivity contribution in [1.82, 2.24) is 5.32 Å². The van der Waals surface area contributed by atoms with Crippen LogP contribution in [0, 0.1) is 5.92 Å². The van der Waals surface area contributed by atoms with Gasteiger partial charge in [-0.2, -0.15) is 0 Å². The van der Waals surface area contributed by atoms with Crippen LogP contribution in [-0.4, -0.2) is 36.1 Å². The minimum absolute atomic E-state index is 0.0894. The molecule has 1 aliphatic carbocycles. The van der Waals surface area contributed by atoms with E-state index < -0.39 is 17.9 Å². The summed E-state index contributed by atoms with van der Waals surface area (Å²) in [5.74, 6) is -0.909. The van der Waals surface area contributed by atoms with Crippen LogP contribution >= 0.6 is 0 Å². The van der Waals surface area contributed by atoms with Crippen LogP contribution in [0.25, 0.3) is 0 Å². The summed E-state index contributed by atoms with van der Waals surface area (Å²) in [5.41, 5.74) is 2.16. The summed E-state index contributed by atoms with van der Waals surface area (Å²) >= 11 is 0. The topological polar surface area (TPSA) is 69.6 Å². The highest BCUT2D eigenvalue weighted by molar-refractivity contribution is 6.40. The Morgan fingerprint density at radius 2 is 2.00 bits per heavy atom. The van der Waals surface area contributed by atoms with Gasteiger partial charge in [0, 0.05) is 24.2 Å². The molecule has 0 aromatic heterocycles. The Morgan fingerprint density at radius 1 is 1.30 bits per heavy atom. The van der Waals surface area contributed by atoms with Crippen molar-refractivity contribution in [2.45, 2.75) is 44.6 Å². The number of hydrogen-bond donors (Lipinski definition) is 2. The monoisotopic (exact) mass is 316 g/mol. The van der Waals surface area contributed by atoms with Gasteiger partial charge in [0.05, 0.1) is 6.10 Å². The average Bonchev–Trinajstić information content (AvgIpc) is 3.22. The molecule has 2 N–H and O–H groups in total. The smallest absolute Gasteiger partial charge is 0.316 e. The fourth-order valence-corrected chi connectivity index (χ4v) is 3.52. The molecule has 5 nitrogen and oxygen atoms in total. The highest BCUT2D eigenvalue weighted by Crippen LogP contribution is 2.56. The Kier molecular flexibility index (Phi) is 4.15. The van der Waals surface area contributed by atoms with E-state index in [1.807, 2.05) is 25.1 Å². The van der Waals surface area contributed by atoms with Gasteiger partial charge >= 0.3 is 11.8 Å². The Bertz CT molecular complexity index is 622. The molecule has 1 aromatic carbocycles. The van der Waals surface area contributed by atoms with Crippen molar-refractivity contribution in [3.63, 3.8) is 0 Å². The summed E-state index contributed by atoms with van der Waals surface area (Å²) in [4.78, 5) is 26.3. The van der Waals surface area contributed by atoms with E-state index in [1.54, 1.807) is 11.8 Å². The molecular formula is C18H24N2O3. The molecule has 3 rings (SSSR count). The summed E-state index contributed by atoms with van der Waals surface area (Å²) in [6.07, 6.45) is 2.36. The molecule has 2 amide bonds. The normalized spacial score (nSPS) is 20.0. The maximum Gasteiger partial charge on any atom is 0.316 e. The number of aliphatic hydroxyl groups is 1. The molecule has 5 heteroatoms. The summed E-state index contributed by atoms with van der Waals surface area (Å²) in [6.45, 7) is 4.68. The van der Waals surface area contributed by atoms with Crippen LogP contribution in [0.4, 0.5) is 5.69 Å². The minimum atomic E-state index is -0.560. The van der Waals surface area contributed by atoms with Gasteiger partial charge in [-0.05, 0) is 43.7 Å². The lowest BCUT2D eigenvalue weighted by Gasteiger charge is -2.19. The van der Waals surface area contributed by atoms with E-state index in [9.17, 15) is 14.7 Å². The van der Waals surface area contributed by atoms with Crippen LogP contribution in [0.1, 0.15) is 38.7 Å². The predicted octanol–water partition coefficient (Wildman–Crippen LogP) is 1.59. The first-order chi connectivity index (χ1) is 10.9. The molecule has 1 heterocycles. The van der Waals surface area contributed by atoms with Crippen molar-refractivity contribution in [3.8, 4) is 0 Å². The van der Waals surface area contributed by atoms with E-state index in [2.05, 4.69) is 11.4 Å². The fraction of sp³-hybridized carbons (Fsp3) is 0.556. The zero-order valence-electron chi connectivity index (χ0n) is 13.7. The number of amides is 2. The highest BCUT2D eigenvalue weighted by atomic mass is 16.3. The second kappa shape index (κ2) is 5.96. The number of nitrogens with one attached hydrogen (secondary N) is 1. The van der Waals surface area contributed by atoms with Gasteiger partial charge < -0.3 is 15.3 Å². The molecule has 0 saturated heterocycles. The van der Waals surface area contributed by atoms with E-state index in [0.29, 0.717) is 19.5 Å². The van der Waals surface area contributed by atoms with Crippen molar-refractivity contribution >= 4 is 17.5 Å². The van der Waals surface area contributed by atoms with Gasteiger partial charge in [-0.3, -0.25) is 9.59 Å². The quantitative estimate of drug-likeness (QED) is 0.829. The van der Waals surface area contributed by atoms with E-state index in [-0.39, 0.29) is 11.3 Å². The van der Waals surface area contributed by atoms with Crippen molar-refractivity contribution in [2.75, 3.05) is 18.0 Å². The third-order valence-electron chi connectivity index (χ3n) is 4.87. The molecule has 0 bridgehead atoms. The summed E-state index contributed by atoms with van der Waals surface area (Å²) < 4.78 is 0. The number of nitrogens with zero attached hydrogens (tertiary/aromatic N) is 1.